The van der Waals surface area contributed by atoms with E-state index in [2.05, 4.69) is 20.6 Å². The molecule has 2 aromatic rings. The fraction of sp³-hybridized carbons (Fsp3) is 0.429. The minimum Gasteiger partial charge on any atom is -0.496 e. The molecule has 0 spiro atoms. The highest BCUT2D eigenvalue weighted by Gasteiger charge is 2.28. The van der Waals surface area contributed by atoms with Gasteiger partial charge >= 0.3 is 6.18 Å². The summed E-state index contributed by atoms with van der Waals surface area (Å²) in [7, 11) is 1.64. The van der Waals surface area contributed by atoms with Crippen LogP contribution in [-0.4, -0.2) is 37.4 Å². The first-order valence-electron chi connectivity index (χ1n) is 9.53. The van der Waals surface area contributed by atoms with Crippen LogP contribution in [0.4, 0.5) is 13.2 Å². The lowest BCUT2D eigenvalue weighted by molar-refractivity contribution is -0.153. The van der Waals surface area contributed by atoms with Gasteiger partial charge in [-0.15, -0.1) is 24.0 Å². The molecule has 172 valence electrons. The first-order chi connectivity index (χ1) is 14.2. The van der Waals surface area contributed by atoms with E-state index in [4.69, 9.17) is 9.47 Å². The Kier molecular flexibility index (Phi) is 10.9. The second kappa shape index (κ2) is 12.6. The molecule has 0 unspecified atom stereocenters. The van der Waals surface area contributed by atoms with Gasteiger partial charge in [-0.25, -0.2) is 4.99 Å². The number of guanidine groups is 1. The van der Waals surface area contributed by atoms with Crippen molar-refractivity contribution in [1.82, 2.24) is 15.6 Å². The maximum atomic E-state index is 12.2. The van der Waals surface area contributed by atoms with E-state index >= 15 is 0 Å². The van der Waals surface area contributed by atoms with Crippen LogP contribution < -0.4 is 20.1 Å². The number of pyridine rings is 1. The highest BCUT2D eigenvalue weighted by atomic mass is 127. The van der Waals surface area contributed by atoms with Crippen LogP contribution in [0.25, 0.3) is 0 Å². The molecule has 0 aliphatic heterocycles. The Balaban J connectivity index is 0.00000480. The molecule has 0 fully saturated rings. The Labute approximate surface area is 197 Å². The van der Waals surface area contributed by atoms with Crippen LogP contribution in [0.3, 0.4) is 0 Å². The van der Waals surface area contributed by atoms with Crippen molar-refractivity contribution in [3.8, 4) is 11.5 Å². The molecule has 0 saturated heterocycles. The largest absolute Gasteiger partial charge is 0.496 e. The van der Waals surface area contributed by atoms with E-state index in [1.54, 1.807) is 25.4 Å². The normalized spacial score (nSPS) is 11.5. The zero-order valence-corrected chi connectivity index (χ0v) is 20.3. The number of alkyl halides is 3. The maximum absolute atomic E-state index is 12.2. The fourth-order valence-electron chi connectivity index (χ4n) is 2.79. The van der Waals surface area contributed by atoms with E-state index in [1.807, 2.05) is 20.8 Å². The van der Waals surface area contributed by atoms with Gasteiger partial charge in [-0.1, -0.05) is 12.1 Å². The Morgan fingerprint density at radius 1 is 1.13 bits per heavy atom. The van der Waals surface area contributed by atoms with E-state index in [9.17, 15) is 13.2 Å². The third kappa shape index (κ3) is 8.80. The van der Waals surface area contributed by atoms with Gasteiger partial charge in [-0.2, -0.15) is 13.2 Å². The van der Waals surface area contributed by atoms with Gasteiger partial charge in [0.05, 0.1) is 25.9 Å². The van der Waals surface area contributed by atoms with Gasteiger partial charge in [0.2, 0.25) is 0 Å². The number of aliphatic imine (C=N–C) groups is 1. The SMILES string of the molecule is CCNC(=NCc1ccc(OCC(F)(F)F)cc1)NCc1ncc(C)c(OC)c1C.I. The molecule has 0 atom stereocenters. The zero-order valence-electron chi connectivity index (χ0n) is 18.0. The van der Waals surface area contributed by atoms with Crippen molar-refractivity contribution in [3.63, 3.8) is 0 Å². The fourth-order valence-corrected chi connectivity index (χ4v) is 2.79. The van der Waals surface area contributed by atoms with Crippen LogP contribution in [0.15, 0.2) is 35.5 Å². The van der Waals surface area contributed by atoms with Gasteiger partial charge in [0.25, 0.3) is 0 Å². The van der Waals surface area contributed by atoms with E-state index in [-0.39, 0.29) is 29.7 Å². The lowest BCUT2D eigenvalue weighted by Gasteiger charge is -2.15. The summed E-state index contributed by atoms with van der Waals surface area (Å²) in [4.78, 5) is 8.98. The quantitative estimate of drug-likeness (QED) is 0.287. The number of nitrogens with one attached hydrogen (secondary N) is 2. The van der Waals surface area contributed by atoms with Crippen molar-refractivity contribution in [2.75, 3.05) is 20.3 Å². The summed E-state index contributed by atoms with van der Waals surface area (Å²) < 4.78 is 46.8. The minimum atomic E-state index is -4.36. The van der Waals surface area contributed by atoms with Crippen LogP contribution in [0.5, 0.6) is 11.5 Å². The molecular weight excluding hydrogens is 524 g/mol. The molecule has 0 aliphatic carbocycles. The summed E-state index contributed by atoms with van der Waals surface area (Å²) >= 11 is 0. The van der Waals surface area contributed by atoms with Crippen LogP contribution >= 0.6 is 24.0 Å². The van der Waals surface area contributed by atoms with Gasteiger partial charge in [-0.3, -0.25) is 4.98 Å². The topological polar surface area (TPSA) is 67.8 Å². The molecule has 0 saturated carbocycles. The predicted molar refractivity (Wildman–Crippen MR) is 125 cm³/mol. The van der Waals surface area contributed by atoms with E-state index in [0.717, 1.165) is 28.1 Å². The number of rotatable bonds is 8. The van der Waals surface area contributed by atoms with Crippen LogP contribution in [0.1, 0.15) is 29.3 Å². The lowest BCUT2D eigenvalue weighted by atomic mass is 10.1. The molecule has 10 heteroatoms. The molecule has 1 heterocycles. The standard InChI is InChI=1S/C21H27F3N4O2.HI/c1-5-25-20(28-12-18-15(3)19(29-4)14(2)10-26-18)27-11-16-6-8-17(9-7-16)30-13-21(22,23)24;/h6-10H,5,11-13H2,1-4H3,(H2,25,27,28);1H. The summed E-state index contributed by atoms with van der Waals surface area (Å²) in [5, 5.41) is 6.40. The van der Waals surface area contributed by atoms with Gasteiger partial charge in [0.1, 0.15) is 11.5 Å². The van der Waals surface area contributed by atoms with Gasteiger partial charge in [0.15, 0.2) is 12.6 Å². The Bertz CT molecular complexity index is 859. The van der Waals surface area contributed by atoms with Crippen molar-refractivity contribution in [1.29, 1.82) is 0 Å². The zero-order chi connectivity index (χ0) is 22.1. The number of methoxy groups -OCH3 is 1. The van der Waals surface area contributed by atoms with Gasteiger partial charge in [0, 0.05) is 23.9 Å². The molecule has 0 radical (unpaired) electrons. The highest BCUT2D eigenvalue weighted by Crippen LogP contribution is 2.23. The number of aromatic nitrogens is 1. The van der Waals surface area contributed by atoms with E-state index in [1.165, 1.54) is 12.1 Å². The van der Waals surface area contributed by atoms with Crippen molar-refractivity contribution in [2.45, 2.75) is 40.0 Å². The molecule has 1 aromatic heterocycles. The average Bonchev–Trinajstić information content (AvgIpc) is 2.70. The summed E-state index contributed by atoms with van der Waals surface area (Å²) in [6.45, 7) is 6.07. The molecule has 0 bridgehead atoms. The Hall–Kier alpha value is -2.24. The monoisotopic (exact) mass is 552 g/mol. The predicted octanol–water partition coefficient (Wildman–Crippen LogP) is 4.52. The van der Waals surface area contributed by atoms with Crippen molar-refractivity contribution in [2.24, 2.45) is 4.99 Å². The Morgan fingerprint density at radius 3 is 2.39 bits per heavy atom. The summed E-state index contributed by atoms with van der Waals surface area (Å²) in [6.07, 6.45) is -2.58. The van der Waals surface area contributed by atoms with Crippen LogP contribution in [-0.2, 0) is 13.1 Å². The molecule has 0 aliphatic rings. The number of nitrogens with zero attached hydrogens (tertiary/aromatic N) is 2. The van der Waals surface area contributed by atoms with Crippen LogP contribution in [0.2, 0.25) is 0 Å². The second-order valence-electron chi connectivity index (χ2n) is 6.64. The Morgan fingerprint density at radius 2 is 1.81 bits per heavy atom. The summed E-state index contributed by atoms with van der Waals surface area (Å²) in [6, 6.07) is 6.39. The third-order valence-corrected chi connectivity index (χ3v) is 4.26. The van der Waals surface area contributed by atoms with E-state index in [0.29, 0.717) is 25.6 Å². The average molecular weight is 552 g/mol. The van der Waals surface area contributed by atoms with Crippen molar-refractivity contribution in [3.05, 3.63) is 52.8 Å². The number of halogens is 4. The number of ether oxygens (including phenoxy) is 2. The summed E-state index contributed by atoms with van der Waals surface area (Å²) in [5.41, 5.74) is 3.64. The number of hydrogen-bond donors (Lipinski definition) is 2. The molecule has 2 rings (SSSR count). The number of aryl methyl sites for hydroxylation is 1. The van der Waals surface area contributed by atoms with Crippen molar-refractivity contribution >= 4 is 29.9 Å². The molecule has 0 amide bonds. The third-order valence-electron chi connectivity index (χ3n) is 4.26. The highest BCUT2D eigenvalue weighted by molar-refractivity contribution is 14.0. The van der Waals surface area contributed by atoms with Gasteiger partial charge in [-0.05, 0) is 38.5 Å². The number of benzene rings is 1. The summed E-state index contributed by atoms with van der Waals surface area (Å²) in [5.74, 6) is 1.59. The molecule has 2 N–H and O–H groups in total. The van der Waals surface area contributed by atoms with Crippen LogP contribution in [0, 0.1) is 13.8 Å². The minimum absolute atomic E-state index is 0. The molecular formula is C21H28F3IN4O2. The van der Waals surface area contributed by atoms with E-state index < -0.39 is 12.8 Å². The molecule has 6 nitrogen and oxygen atoms in total. The number of hydrogen-bond acceptors (Lipinski definition) is 4. The smallest absolute Gasteiger partial charge is 0.422 e. The van der Waals surface area contributed by atoms with Crippen molar-refractivity contribution < 1.29 is 22.6 Å². The van der Waals surface area contributed by atoms with Gasteiger partial charge < -0.3 is 20.1 Å². The first kappa shape index (κ1) is 26.8. The molecule has 1 aromatic carbocycles. The lowest BCUT2D eigenvalue weighted by Crippen LogP contribution is -2.37. The maximum Gasteiger partial charge on any atom is 0.422 e. The second-order valence-corrected chi connectivity index (χ2v) is 6.64. The molecule has 31 heavy (non-hydrogen) atoms. The first-order valence-corrected chi connectivity index (χ1v) is 9.53.